The molecule has 0 bridgehead atoms. The first-order valence-electron chi connectivity index (χ1n) is 16.7. The summed E-state index contributed by atoms with van der Waals surface area (Å²) in [6, 6.07) is 65.1. The number of anilines is 3. The van der Waals surface area contributed by atoms with Gasteiger partial charge >= 0.3 is 0 Å². The first-order chi connectivity index (χ1) is 24.3. The Morgan fingerprint density at radius 2 is 1.00 bits per heavy atom. The fourth-order valence-electron chi connectivity index (χ4n) is 7.60. The molecule has 0 spiro atoms. The number of aromatic nitrogens is 1. The van der Waals surface area contributed by atoms with Crippen LogP contribution < -0.4 is 4.90 Å². The van der Waals surface area contributed by atoms with Crippen molar-refractivity contribution in [3.63, 3.8) is 0 Å². The Hall–Kier alpha value is -6.58. The lowest BCUT2D eigenvalue weighted by molar-refractivity contribution is 0.669. The van der Waals surface area contributed by atoms with E-state index in [4.69, 9.17) is 4.42 Å². The Balaban J connectivity index is 1.25. The van der Waals surface area contributed by atoms with Crippen LogP contribution in [0.1, 0.15) is 0 Å². The Morgan fingerprint density at radius 3 is 1.80 bits per heavy atom. The van der Waals surface area contributed by atoms with Gasteiger partial charge < -0.3 is 13.9 Å². The third-order valence-electron chi connectivity index (χ3n) is 9.75. The van der Waals surface area contributed by atoms with Gasteiger partial charge in [0.15, 0.2) is 0 Å². The molecule has 10 rings (SSSR count). The molecule has 0 fully saturated rings. The van der Waals surface area contributed by atoms with Gasteiger partial charge in [-0.2, -0.15) is 0 Å². The second-order valence-electron chi connectivity index (χ2n) is 12.6. The number of hydrogen-bond donors (Lipinski definition) is 0. The topological polar surface area (TPSA) is 21.3 Å². The van der Waals surface area contributed by atoms with Crippen molar-refractivity contribution in [2.45, 2.75) is 0 Å². The zero-order valence-electron chi connectivity index (χ0n) is 26.6. The maximum Gasteiger partial charge on any atom is 0.135 e. The van der Waals surface area contributed by atoms with Crippen LogP contribution in [0.3, 0.4) is 0 Å². The van der Waals surface area contributed by atoms with E-state index in [9.17, 15) is 0 Å². The minimum atomic E-state index is 0.885. The number of rotatable bonds is 5. The monoisotopic (exact) mass is 626 g/mol. The average Bonchev–Trinajstić information content (AvgIpc) is 3.71. The van der Waals surface area contributed by atoms with Crippen LogP contribution in [0.4, 0.5) is 17.1 Å². The van der Waals surface area contributed by atoms with Gasteiger partial charge in [-0.05, 0) is 83.1 Å². The first-order valence-corrected chi connectivity index (χ1v) is 16.7. The normalized spacial score (nSPS) is 11.7. The lowest BCUT2D eigenvalue weighted by Crippen LogP contribution is -2.11. The number of benzene rings is 8. The highest BCUT2D eigenvalue weighted by Gasteiger charge is 2.21. The van der Waals surface area contributed by atoms with Crippen LogP contribution in [0.25, 0.3) is 71.3 Å². The summed E-state index contributed by atoms with van der Waals surface area (Å²) in [4.78, 5) is 2.37. The molecule has 10 aromatic rings. The van der Waals surface area contributed by atoms with Crippen LogP contribution in [0, 0.1) is 0 Å². The van der Waals surface area contributed by atoms with Gasteiger partial charge in [0.25, 0.3) is 0 Å². The van der Waals surface area contributed by atoms with Crippen molar-refractivity contribution in [2.24, 2.45) is 0 Å². The molecule has 0 saturated heterocycles. The van der Waals surface area contributed by atoms with E-state index in [1.165, 1.54) is 38.1 Å². The summed E-state index contributed by atoms with van der Waals surface area (Å²) >= 11 is 0. The van der Waals surface area contributed by atoms with Crippen molar-refractivity contribution < 1.29 is 4.42 Å². The fourth-order valence-corrected chi connectivity index (χ4v) is 7.60. The smallest absolute Gasteiger partial charge is 0.135 e. The first kappa shape index (κ1) is 27.5. The van der Waals surface area contributed by atoms with E-state index in [1.807, 2.05) is 12.1 Å². The predicted octanol–water partition coefficient (Wildman–Crippen LogP) is 13.0. The molecule has 0 N–H and O–H groups in total. The summed E-state index contributed by atoms with van der Waals surface area (Å²) in [6.45, 7) is 0. The standard InChI is InChI=1S/C46H30N2O/c1-2-15-32(16-3-1)47(33-26-27-46-41(29-33)39-21-9-13-25-45(39)49-46)42-22-10-8-20-38(42)40-30-34(28-31-14-4-5-17-35(31)40)48-43-23-11-6-18-36(43)37-19-7-12-24-44(37)48/h1-30H. The molecule has 3 heteroatoms. The van der Waals surface area contributed by atoms with Gasteiger partial charge in [0.2, 0.25) is 0 Å². The van der Waals surface area contributed by atoms with E-state index in [0.717, 1.165) is 50.3 Å². The average molecular weight is 627 g/mol. The minimum Gasteiger partial charge on any atom is -0.456 e. The molecular weight excluding hydrogens is 597 g/mol. The maximum atomic E-state index is 6.23. The van der Waals surface area contributed by atoms with Crippen LogP contribution in [0.5, 0.6) is 0 Å². The number of fused-ring (bicyclic) bond motifs is 7. The van der Waals surface area contributed by atoms with E-state index >= 15 is 0 Å². The molecule has 2 aromatic heterocycles. The zero-order valence-corrected chi connectivity index (χ0v) is 26.6. The molecule has 8 aromatic carbocycles. The highest BCUT2D eigenvalue weighted by molar-refractivity contribution is 6.11. The summed E-state index contributed by atoms with van der Waals surface area (Å²) in [6.07, 6.45) is 0. The van der Waals surface area contributed by atoms with Crippen molar-refractivity contribution in [3.8, 4) is 16.8 Å². The van der Waals surface area contributed by atoms with Crippen molar-refractivity contribution in [1.82, 2.24) is 4.57 Å². The molecule has 0 aliphatic carbocycles. The van der Waals surface area contributed by atoms with Gasteiger partial charge in [0.1, 0.15) is 11.2 Å². The highest BCUT2D eigenvalue weighted by atomic mass is 16.3. The van der Waals surface area contributed by atoms with Gasteiger partial charge in [0.05, 0.1) is 16.7 Å². The van der Waals surface area contributed by atoms with Gasteiger partial charge in [-0.15, -0.1) is 0 Å². The van der Waals surface area contributed by atoms with E-state index in [2.05, 4.69) is 179 Å². The Morgan fingerprint density at radius 1 is 0.388 bits per heavy atom. The third kappa shape index (κ3) is 4.37. The largest absolute Gasteiger partial charge is 0.456 e. The minimum absolute atomic E-state index is 0.885. The number of furan rings is 1. The number of nitrogens with zero attached hydrogens (tertiary/aromatic N) is 2. The van der Waals surface area contributed by atoms with Gasteiger partial charge in [-0.25, -0.2) is 0 Å². The summed E-state index contributed by atoms with van der Waals surface area (Å²) in [5.74, 6) is 0. The molecule has 0 aliphatic rings. The summed E-state index contributed by atoms with van der Waals surface area (Å²) in [5, 5.41) is 7.14. The molecule has 230 valence electrons. The van der Waals surface area contributed by atoms with Crippen LogP contribution >= 0.6 is 0 Å². The molecule has 0 atom stereocenters. The van der Waals surface area contributed by atoms with E-state index in [1.54, 1.807) is 0 Å². The second kappa shape index (κ2) is 11.0. The molecule has 2 heterocycles. The van der Waals surface area contributed by atoms with Gasteiger partial charge in [0, 0.05) is 44.2 Å². The van der Waals surface area contributed by atoms with Crippen molar-refractivity contribution >= 4 is 71.6 Å². The Labute approximate surface area is 283 Å². The Bertz CT molecular complexity index is 2790. The molecule has 0 radical (unpaired) electrons. The van der Waals surface area contributed by atoms with Gasteiger partial charge in [-0.1, -0.05) is 115 Å². The second-order valence-corrected chi connectivity index (χ2v) is 12.6. The van der Waals surface area contributed by atoms with Crippen LogP contribution in [-0.4, -0.2) is 4.57 Å². The molecule has 3 nitrogen and oxygen atoms in total. The number of hydrogen-bond acceptors (Lipinski definition) is 2. The fraction of sp³-hybridized carbons (Fsp3) is 0. The van der Waals surface area contributed by atoms with Crippen LogP contribution in [-0.2, 0) is 0 Å². The summed E-state index contributed by atoms with van der Waals surface area (Å²) in [5.41, 5.74) is 10.9. The third-order valence-corrected chi connectivity index (χ3v) is 9.75. The van der Waals surface area contributed by atoms with Crippen LogP contribution in [0.15, 0.2) is 186 Å². The molecule has 49 heavy (non-hydrogen) atoms. The summed E-state index contributed by atoms with van der Waals surface area (Å²) < 4.78 is 8.64. The highest BCUT2D eigenvalue weighted by Crippen LogP contribution is 2.45. The lowest BCUT2D eigenvalue weighted by atomic mass is 9.95. The zero-order chi connectivity index (χ0) is 32.3. The quantitative estimate of drug-likeness (QED) is 0.190. The summed E-state index contributed by atoms with van der Waals surface area (Å²) in [7, 11) is 0. The molecular formula is C46H30N2O. The Kier molecular flexibility index (Phi) is 6.18. The molecule has 0 amide bonds. The molecule has 0 unspecified atom stereocenters. The number of para-hydroxylation sites is 5. The van der Waals surface area contributed by atoms with Crippen molar-refractivity contribution in [1.29, 1.82) is 0 Å². The molecule has 0 saturated carbocycles. The maximum absolute atomic E-state index is 6.23. The van der Waals surface area contributed by atoms with Crippen LogP contribution in [0.2, 0.25) is 0 Å². The molecule has 0 aliphatic heterocycles. The lowest BCUT2D eigenvalue weighted by Gasteiger charge is -2.28. The van der Waals surface area contributed by atoms with E-state index in [-0.39, 0.29) is 0 Å². The van der Waals surface area contributed by atoms with E-state index < -0.39 is 0 Å². The van der Waals surface area contributed by atoms with Crippen molar-refractivity contribution in [3.05, 3.63) is 182 Å². The SMILES string of the molecule is c1ccc(N(c2ccc3oc4ccccc4c3c2)c2ccccc2-c2cc(-n3c4ccccc4c4ccccc43)cc3ccccc23)cc1. The van der Waals surface area contributed by atoms with E-state index in [0.29, 0.717) is 0 Å². The predicted molar refractivity (Wildman–Crippen MR) is 206 cm³/mol. The van der Waals surface area contributed by atoms with Gasteiger partial charge in [-0.3, -0.25) is 0 Å². The van der Waals surface area contributed by atoms with Crippen molar-refractivity contribution in [2.75, 3.05) is 4.90 Å².